The molecule has 1 aromatic heterocycles. The van der Waals surface area contributed by atoms with E-state index in [9.17, 15) is 14.4 Å². The Morgan fingerprint density at radius 2 is 1.85 bits per heavy atom. The molecule has 176 valence electrons. The van der Waals surface area contributed by atoms with Crippen LogP contribution in [0.15, 0.2) is 30.3 Å². The van der Waals surface area contributed by atoms with E-state index in [-0.39, 0.29) is 36.0 Å². The number of aryl methyl sites for hydroxylation is 1. The zero-order valence-electron chi connectivity index (χ0n) is 19.7. The van der Waals surface area contributed by atoms with E-state index < -0.39 is 5.54 Å². The molecule has 2 heterocycles. The van der Waals surface area contributed by atoms with Gasteiger partial charge in [-0.25, -0.2) is 0 Å². The molecule has 1 atom stereocenters. The lowest BCUT2D eigenvalue weighted by Crippen LogP contribution is -2.63. The predicted molar refractivity (Wildman–Crippen MR) is 125 cm³/mol. The SMILES string of the molecule is Cc1ccccc1CNC(=O)c1cc2n(n1)CC(C)(C(=O)NC1CCCCCC1)N(C)C2=O. The number of aromatic nitrogens is 2. The lowest BCUT2D eigenvalue weighted by Gasteiger charge is -2.41. The van der Waals surface area contributed by atoms with E-state index >= 15 is 0 Å². The minimum atomic E-state index is -1.07. The van der Waals surface area contributed by atoms with Crippen LogP contribution in [0.4, 0.5) is 0 Å². The molecule has 1 aliphatic heterocycles. The molecule has 0 radical (unpaired) electrons. The molecular formula is C25H33N5O3. The normalized spacial score (nSPS) is 21.3. The van der Waals surface area contributed by atoms with Crippen molar-refractivity contribution in [3.63, 3.8) is 0 Å². The number of amides is 3. The molecule has 1 fully saturated rings. The van der Waals surface area contributed by atoms with Crippen molar-refractivity contribution >= 4 is 17.7 Å². The number of benzene rings is 1. The highest BCUT2D eigenvalue weighted by Gasteiger charge is 2.46. The quantitative estimate of drug-likeness (QED) is 0.684. The zero-order valence-corrected chi connectivity index (χ0v) is 19.7. The van der Waals surface area contributed by atoms with E-state index in [4.69, 9.17) is 0 Å². The van der Waals surface area contributed by atoms with Gasteiger partial charge in [0.15, 0.2) is 5.69 Å². The Hall–Kier alpha value is -3.16. The van der Waals surface area contributed by atoms with Crippen LogP contribution in [0.3, 0.4) is 0 Å². The van der Waals surface area contributed by atoms with Crippen LogP contribution in [-0.4, -0.2) is 51.0 Å². The number of carbonyl (C=O) groups excluding carboxylic acids is 3. The summed E-state index contributed by atoms with van der Waals surface area (Å²) in [6.07, 6.45) is 6.57. The molecule has 0 spiro atoms. The molecule has 1 aliphatic carbocycles. The molecule has 2 N–H and O–H groups in total. The Labute approximate surface area is 194 Å². The molecule has 0 bridgehead atoms. The number of hydrogen-bond donors (Lipinski definition) is 2. The van der Waals surface area contributed by atoms with Gasteiger partial charge < -0.3 is 15.5 Å². The second-order valence-electron chi connectivity index (χ2n) is 9.48. The molecule has 1 aromatic carbocycles. The third-order valence-corrected chi connectivity index (χ3v) is 7.11. The number of rotatable bonds is 5. The van der Waals surface area contributed by atoms with Gasteiger partial charge in [0.25, 0.3) is 11.8 Å². The Kier molecular flexibility index (Phi) is 6.54. The van der Waals surface area contributed by atoms with E-state index in [1.807, 2.05) is 31.2 Å². The van der Waals surface area contributed by atoms with E-state index in [1.165, 1.54) is 28.5 Å². The topological polar surface area (TPSA) is 96.3 Å². The van der Waals surface area contributed by atoms with Gasteiger partial charge in [-0.05, 0) is 37.8 Å². The van der Waals surface area contributed by atoms with Crippen molar-refractivity contribution < 1.29 is 14.4 Å². The highest BCUT2D eigenvalue weighted by Crippen LogP contribution is 2.27. The molecule has 4 rings (SSSR count). The summed E-state index contributed by atoms with van der Waals surface area (Å²) >= 11 is 0. The first kappa shape index (κ1) is 23.0. The molecule has 8 nitrogen and oxygen atoms in total. The van der Waals surface area contributed by atoms with Gasteiger partial charge in [0, 0.05) is 25.7 Å². The van der Waals surface area contributed by atoms with Crippen molar-refractivity contribution in [3.8, 4) is 0 Å². The van der Waals surface area contributed by atoms with Crippen molar-refractivity contribution in [1.29, 1.82) is 0 Å². The largest absolute Gasteiger partial charge is 0.351 e. The van der Waals surface area contributed by atoms with Crippen LogP contribution >= 0.6 is 0 Å². The Morgan fingerprint density at radius 3 is 2.55 bits per heavy atom. The monoisotopic (exact) mass is 451 g/mol. The molecule has 2 aromatic rings. The van der Waals surface area contributed by atoms with E-state index in [2.05, 4.69) is 15.7 Å². The van der Waals surface area contributed by atoms with Gasteiger partial charge in [-0.15, -0.1) is 0 Å². The van der Waals surface area contributed by atoms with Gasteiger partial charge in [0.05, 0.1) is 6.54 Å². The number of carbonyl (C=O) groups is 3. The zero-order chi connectivity index (χ0) is 23.6. The summed E-state index contributed by atoms with van der Waals surface area (Å²) in [5.74, 6) is -0.831. The molecule has 1 unspecified atom stereocenters. The predicted octanol–water partition coefficient (Wildman–Crippen LogP) is 2.80. The van der Waals surface area contributed by atoms with Crippen LogP contribution in [0.2, 0.25) is 0 Å². The van der Waals surface area contributed by atoms with Crippen LogP contribution in [0.5, 0.6) is 0 Å². The van der Waals surface area contributed by atoms with Crippen molar-refractivity contribution in [3.05, 3.63) is 52.8 Å². The summed E-state index contributed by atoms with van der Waals surface area (Å²) in [5.41, 5.74) is 1.53. The summed E-state index contributed by atoms with van der Waals surface area (Å²) in [6.45, 7) is 4.34. The summed E-state index contributed by atoms with van der Waals surface area (Å²) in [7, 11) is 1.64. The third-order valence-electron chi connectivity index (χ3n) is 7.11. The maximum atomic E-state index is 13.3. The first-order valence-electron chi connectivity index (χ1n) is 11.8. The van der Waals surface area contributed by atoms with Gasteiger partial charge in [-0.3, -0.25) is 19.1 Å². The molecule has 8 heteroatoms. The number of fused-ring (bicyclic) bond motifs is 1. The first-order chi connectivity index (χ1) is 15.8. The van der Waals surface area contributed by atoms with Crippen molar-refractivity contribution in [2.24, 2.45) is 0 Å². The van der Waals surface area contributed by atoms with Crippen LogP contribution in [-0.2, 0) is 17.9 Å². The van der Waals surface area contributed by atoms with Crippen molar-refractivity contribution in [2.45, 2.75) is 77.0 Å². The number of nitrogens with zero attached hydrogens (tertiary/aromatic N) is 3. The number of hydrogen-bond acceptors (Lipinski definition) is 4. The highest BCUT2D eigenvalue weighted by atomic mass is 16.2. The second-order valence-corrected chi connectivity index (χ2v) is 9.48. The molecule has 3 amide bonds. The third kappa shape index (κ3) is 4.65. The average molecular weight is 452 g/mol. The summed E-state index contributed by atoms with van der Waals surface area (Å²) in [6, 6.07) is 9.49. The average Bonchev–Trinajstić information content (AvgIpc) is 3.05. The lowest BCUT2D eigenvalue weighted by atomic mass is 9.95. The Bertz CT molecular complexity index is 1050. The van der Waals surface area contributed by atoms with Crippen molar-refractivity contribution in [1.82, 2.24) is 25.3 Å². The fourth-order valence-corrected chi connectivity index (χ4v) is 4.68. The highest BCUT2D eigenvalue weighted by molar-refractivity contribution is 6.01. The van der Waals surface area contributed by atoms with Crippen LogP contribution in [0.25, 0.3) is 0 Å². The van der Waals surface area contributed by atoms with E-state index in [0.717, 1.165) is 36.8 Å². The van der Waals surface area contributed by atoms with Gasteiger partial charge in [0.2, 0.25) is 5.91 Å². The van der Waals surface area contributed by atoms with Crippen LogP contribution in [0, 0.1) is 6.92 Å². The van der Waals surface area contributed by atoms with Gasteiger partial charge in [-0.2, -0.15) is 5.10 Å². The summed E-state index contributed by atoms with van der Waals surface area (Å²) < 4.78 is 1.50. The molecule has 2 aliphatic rings. The molecule has 33 heavy (non-hydrogen) atoms. The molecular weight excluding hydrogens is 418 g/mol. The molecule has 0 saturated heterocycles. The van der Waals surface area contributed by atoms with Crippen LogP contribution < -0.4 is 10.6 Å². The van der Waals surface area contributed by atoms with Crippen molar-refractivity contribution in [2.75, 3.05) is 7.05 Å². The minimum Gasteiger partial charge on any atom is -0.351 e. The minimum absolute atomic E-state index is 0.141. The fraction of sp³-hybridized carbons (Fsp3) is 0.520. The summed E-state index contributed by atoms with van der Waals surface area (Å²) in [5, 5.41) is 10.4. The second kappa shape index (κ2) is 9.37. The van der Waals surface area contributed by atoms with E-state index in [1.54, 1.807) is 14.0 Å². The summed E-state index contributed by atoms with van der Waals surface area (Å²) in [4.78, 5) is 40.6. The smallest absolute Gasteiger partial charge is 0.272 e. The maximum Gasteiger partial charge on any atom is 0.272 e. The number of likely N-dealkylation sites (N-methyl/N-ethyl adjacent to an activating group) is 1. The maximum absolute atomic E-state index is 13.3. The Morgan fingerprint density at radius 1 is 1.15 bits per heavy atom. The van der Waals surface area contributed by atoms with Gasteiger partial charge >= 0.3 is 0 Å². The first-order valence-corrected chi connectivity index (χ1v) is 11.8. The molecule has 1 saturated carbocycles. The van der Waals surface area contributed by atoms with E-state index in [0.29, 0.717) is 12.2 Å². The van der Waals surface area contributed by atoms with Crippen LogP contribution in [0.1, 0.15) is 77.6 Å². The standard InChI is InChI=1S/C25H33N5O3/c1-17-10-8-9-11-18(17)15-26-22(31)20-14-21-23(32)29(3)25(2,16-30(21)28-20)24(33)27-19-12-6-4-5-7-13-19/h8-11,14,19H,4-7,12-13,15-16H2,1-3H3,(H,26,31)(H,27,33). The lowest BCUT2D eigenvalue weighted by molar-refractivity contribution is -0.133. The fourth-order valence-electron chi connectivity index (χ4n) is 4.68. The number of nitrogens with one attached hydrogen (secondary N) is 2. The Balaban J connectivity index is 1.48. The van der Waals surface area contributed by atoms with Gasteiger partial charge in [0.1, 0.15) is 11.2 Å². The van der Waals surface area contributed by atoms with Gasteiger partial charge in [-0.1, -0.05) is 49.9 Å².